The normalized spacial score (nSPS) is 25.8. The molecular weight excluding hydrogens is 164 g/mol. The molecule has 0 saturated carbocycles. The van der Waals surface area contributed by atoms with Crippen molar-refractivity contribution in [1.82, 2.24) is 4.90 Å². The summed E-state index contributed by atoms with van der Waals surface area (Å²) in [5, 5.41) is 0. The molecule has 2 atom stereocenters. The van der Waals surface area contributed by atoms with E-state index in [1.165, 1.54) is 0 Å². The highest BCUT2D eigenvalue weighted by Gasteiger charge is 2.31. The van der Waals surface area contributed by atoms with Crippen molar-refractivity contribution in [1.29, 1.82) is 0 Å². The van der Waals surface area contributed by atoms with Gasteiger partial charge in [0, 0.05) is 25.6 Å². The second-order valence-electron chi connectivity index (χ2n) is 4.48. The number of carbonyl (C=O) groups excluding carboxylic acids is 1. The molecule has 1 saturated heterocycles. The molecular formula is C10H20N2O. The maximum absolute atomic E-state index is 11.5. The topological polar surface area (TPSA) is 46.3 Å². The lowest BCUT2D eigenvalue weighted by atomic mass is 9.95. The highest BCUT2D eigenvalue weighted by Crippen LogP contribution is 2.24. The van der Waals surface area contributed by atoms with Gasteiger partial charge in [-0.05, 0) is 18.8 Å². The minimum Gasteiger partial charge on any atom is -0.341 e. The first-order valence-electron chi connectivity index (χ1n) is 5.04. The summed E-state index contributed by atoms with van der Waals surface area (Å²) < 4.78 is 0. The second-order valence-corrected chi connectivity index (χ2v) is 4.48. The molecule has 0 spiro atoms. The second kappa shape index (κ2) is 4.09. The average Bonchev–Trinajstić information content (AvgIpc) is 2.31. The Morgan fingerprint density at radius 2 is 2.15 bits per heavy atom. The predicted octanol–water partition coefficient (Wildman–Crippen LogP) is 0.838. The molecule has 1 amide bonds. The summed E-state index contributed by atoms with van der Waals surface area (Å²) in [5.74, 6) is 1.41. The number of likely N-dealkylation sites (tertiary alicyclic amines) is 1. The predicted molar refractivity (Wildman–Crippen MR) is 53.2 cm³/mol. The van der Waals surface area contributed by atoms with Gasteiger partial charge in [0.25, 0.3) is 0 Å². The Morgan fingerprint density at radius 1 is 1.54 bits per heavy atom. The standard InChI is InChI=1S/C10H20N2O/c1-7(2)9-4-10(13)12(6-9)5-8(3)11/h7-9H,4-6,11H2,1-3H3/t8-,9?/m1/s1. The van der Waals surface area contributed by atoms with Crippen molar-refractivity contribution < 1.29 is 4.79 Å². The molecule has 3 nitrogen and oxygen atoms in total. The first kappa shape index (κ1) is 10.5. The third-order valence-electron chi connectivity index (χ3n) is 2.70. The number of hydrogen-bond acceptors (Lipinski definition) is 2. The third kappa shape index (κ3) is 2.69. The van der Waals surface area contributed by atoms with Gasteiger partial charge in [-0.1, -0.05) is 13.8 Å². The number of nitrogens with two attached hydrogens (primary N) is 1. The number of carbonyl (C=O) groups is 1. The van der Waals surface area contributed by atoms with Crippen LogP contribution in [0, 0.1) is 11.8 Å². The van der Waals surface area contributed by atoms with E-state index in [4.69, 9.17) is 5.73 Å². The number of hydrogen-bond donors (Lipinski definition) is 1. The maximum atomic E-state index is 11.5. The fourth-order valence-electron chi connectivity index (χ4n) is 1.77. The first-order valence-corrected chi connectivity index (χ1v) is 5.04. The van der Waals surface area contributed by atoms with Crippen LogP contribution in [0.4, 0.5) is 0 Å². The lowest BCUT2D eigenvalue weighted by Crippen LogP contribution is -2.36. The first-order chi connectivity index (χ1) is 6.00. The SMILES string of the molecule is CC(C)C1CC(=O)N(C[C@@H](C)N)C1. The molecule has 13 heavy (non-hydrogen) atoms. The Bertz CT molecular complexity index is 189. The molecule has 1 heterocycles. The Hall–Kier alpha value is -0.570. The van der Waals surface area contributed by atoms with E-state index in [9.17, 15) is 4.79 Å². The van der Waals surface area contributed by atoms with Crippen LogP contribution in [0.5, 0.6) is 0 Å². The molecule has 0 aromatic carbocycles. The highest BCUT2D eigenvalue weighted by molar-refractivity contribution is 5.78. The van der Waals surface area contributed by atoms with Crippen molar-refractivity contribution in [3.05, 3.63) is 0 Å². The van der Waals surface area contributed by atoms with Crippen molar-refractivity contribution in [2.75, 3.05) is 13.1 Å². The summed E-state index contributed by atoms with van der Waals surface area (Å²) in [5.41, 5.74) is 5.66. The van der Waals surface area contributed by atoms with E-state index < -0.39 is 0 Å². The Labute approximate surface area is 80.3 Å². The summed E-state index contributed by atoms with van der Waals surface area (Å²) in [4.78, 5) is 13.4. The molecule has 76 valence electrons. The van der Waals surface area contributed by atoms with Gasteiger partial charge in [-0.2, -0.15) is 0 Å². The minimum absolute atomic E-state index is 0.0925. The molecule has 1 aliphatic rings. The van der Waals surface area contributed by atoms with Gasteiger partial charge in [0.2, 0.25) is 5.91 Å². The van der Waals surface area contributed by atoms with Crippen LogP contribution < -0.4 is 5.73 Å². The molecule has 3 heteroatoms. The quantitative estimate of drug-likeness (QED) is 0.706. The lowest BCUT2D eigenvalue weighted by Gasteiger charge is -2.19. The summed E-state index contributed by atoms with van der Waals surface area (Å²) >= 11 is 0. The van der Waals surface area contributed by atoms with Gasteiger partial charge < -0.3 is 10.6 Å². The van der Waals surface area contributed by atoms with Gasteiger partial charge in [0.15, 0.2) is 0 Å². The van der Waals surface area contributed by atoms with E-state index in [-0.39, 0.29) is 11.9 Å². The molecule has 0 aromatic rings. The van der Waals surface area contributed by atoms with Crippen LogP contribution in [-0.4, -0.2) is 29.9 Å². The van der Waals surface area contributed by atoms with Crippen molar-refractivity contribution in [3.8, 4) is 0 Å². The molecule has 0 aliphatic carbocycles. The van der Waals surface area contributed by atoms with Gasteiger partial charge in [-0.3, -0.25) is 4.79 Å². The zero-order valence-corrected chi connectivity index (χ0v) is 8.79. The fraction of sp³-hybridized carbons (Fsp3) is 0.900. The van der Waals surface area contributed by atoms with Gasteiger partial charge in [-0.25, -0.2) is 0 Å². The third-order valence-corrected chi connectivity index (χ3v) is 2.70. The Morgan fingerprint density at radius 3 is 2.54 bits per heavy atom. The van der Waals surface area contributed by atoms with E-state index in [1.807, 2.05) is 11.8 Å². The number of rotatable bonds is 3. The molecule has 1 unspecified atom stereocenters. The summed E-state index contributed by atoms with van der Waals surface area (Å²) in [6.07, 6.45) is 0.713. The number of nitrogens with zero attached hydrogens (tertiary/aromatic N) is 1. The van der Waals surface area contributed by atoms with Crippen molar-refractivity contribution in [3.63, 3.8) is 0 Å². The van der Waals surface area contributed by atoms with Crippen LogP contribution in [-0.2, 0) is 4.79 Å². The molecule has 1 fully saturated rings. The van der Waals surface area contributed by atoms with Crippen LogP contribution in [0.3, 0.4) is 0 Å². The molecule has 2 N–H and O–H groups in total. The molecule has 1 aliphatic heterocycles. The molecule has 1 rings (SSSR count). The summed E-state index contributed by atoms with van der Waals surface area (Å²) in [6.45, 7) is 7.90. The van der Waals surface area contributed by atoms with E-state index in [2.05, 4.69) is 13.8 Å². The molecule has 0 bridgehead atoms. The van der Waals surface area contributed by atoms with Crippen molar-refractivity contribution >= 4 is 5.91 Å². The number of amides is 1. The largest absolute Gasteiger partial charge is 0.341 e. The van der Waals surface area contributed by atoms with Crippen molar-refractivity contribution in [2.45, 2.75) is 33.2 Å². The maximum Gasteiger partial charge on any atom is 0.222 e. The highest BCUT2D eigenvalue weighted by atomic mass is 16.2. The van der Waals surface area contributed by atoms with E-state index in [1.54, 1.807) is 0 Å². The van der Waals surface area contributed by atoms with Crippen LogP contribution in [0.25, 0.3) is 0 Å². The Kier molecular flexibility index (Phi) is 3.31. The zero-order valence-electron chi connectivity index (χ0n) is 8.79. The molecule has 0 aromatic heterocycles. The monoisotopic (exact) mass is 184 g/mol. The van der Waals surface area contributed by atoms with Gasteiger partial charge in [0.05, 0.1) is 0 Å². The lowest BCUT2D eigenvalue weighted by molar-refractivity contribution is -0.127. The fourth-order valence-corrected chi connectivity index (χ4v) is 1.77. The van der Waals surface area contributed by atoms with Crippen LogP contribution in [0.15, 0.2) is 0 Å². The van der Waals surface area contributed by atoms with E-state index >= 15 is 0 Å². The summed E-state index contributed by atoms with van der Waals surface area (Å²) in [7, 11) is 0. The van der Waals surface area contributed by atoms with Crippen LogP contribution >= 0.6 is 0 Å². The smallest absolute Gasteiger partial charge is 0.222 e. The van der Waals surface area contributed by atoms with Crippen molar-refractivity contribution in [2.24, 2.45) is 17.6 Å². The van der Waals surface area contributed by atoms with Gasteiger partial charge >= 0.3 is 0 Å². The van der Waals surface area contributed by atoms with Crippen LogP contribution in [0.2, 0.25) is 0 Å². The average molecular weight is 184 g/mol. The van der Waals surface area contributed by atoms with E-state index in [0.29, 0.717) is 24.8 Å². The Balaban J connectivity index is 2.47. The minimum atomic E-state index is 0.0925. The summed E-state index contributed by atoms with van der Waals surface area (Å²) in [6, 6.07) is 0.0925. The van der Waals surface area contributed by atoms with E-state index in [0.717, 1.165) is 6.54 Å². The zero-order chi connectivity index (χ0) is 10.0. The van der Waals surface area contributed by atoms with Crippen LogP contribution in [0.1, 0.15) is 27.2 Å². The van der Waals surface area contributed by atoms with Gasteiger partial charge in [0.1, 0.15) is 0 Å². The van der Waals surface area contributed by atoms with Gasteiger partial charge in [-0.15, -0.1) is 0 Å². The molecule has 0 radical (unpaired) electrons.